The quantitative estimate of drug-likeness (QED) is 0.343. The molecule has 2 aromatic heterocycles. The molecule has 4 heterocycles. The number of aromatic nitrogens is 4. The van der Waals surface area contributed by atoms with Gasteiger partial charge in [0.15, 0.2) is 5.82 Å². The molecule has 1 aromatic carbocycles. The van der Waals surface area contributed by atoms with Gasteiger partial charge in [0.25, 0.3) is 0 Å². The smallest absolute Gasteiger partial charge is 0.229 e. The summed E-state index contributed by atoms with van der Waals surface area (Å²) in [5.74, 6) is 2.23. The molecule has 2 saturated heterocycles. The van der Waals surface area contributed by atoms with Crippen molar-refractivity contribution in [1.29, 1.82) is 0 Å². The third-order valence-corrected chi connectivity index (χ3v) is 8.53. The van der Waals surface area contributed by atoms with Crippen LogP contribution in [-0.2, 0) is 11.3 Å². The minimum absolute atomic E-state index is 0.0330. The van der Waals surface area contributed by atoms with Gasteiger partial charge in [0.2, 0.25) is 16.2 Å². The lowest BCUT2D eigenvalue weighted by molar-refractivity contribution is -0.122. The molecule has 0 saturated carbocycles. The van der Waals surface area contributed by atoms with Crippen molar-refractivity contribution in [3.63, 3.8) is 0 Å². The van der Waals surface area contributed by atoms with E-state index in [0.717, 1.165) is 75.1 Å². The zero-order chi connectivity index (χ0) is 27.9. The maximum absolute atomic E-state index is 13.3. The Morgan fingerprint density at radius 2 is 1.85 bits per heavy atom. The zero-order valence-electron chi connectivity index (χ0n) is 23.6. The van der Waals surface area contributed by atoms with Crippen molar-refractivity contribution in [2.45, 2.75) is 65.1 Å². The predicted octanol–water partition coefficient (Wildman–Crippen LogP) is 4.68. The van der Waals surface area contributed by atoms with Gasteiger partial charge in [-0.1, -0.05) is 36.5 Å². The molecule has 2 N–H and O–H groups in total. The second kappa shape index (κ2) is 13.4. The molecule has 0 aliphatic carbocycles. The van der Waals surface area contributed by atoms with Gasteiger partial charge in [0.1, 0.15) is 5.75 Å². The summed E-state index contributed by atoms with van der Waals surface area (Å²) in [6.07, 6.45) is 5.64. The van der Waals surface area contributed by atoms with E-state index in [9.17, 15) is 4.79 Å². The largest absolute Gasteiger partial charge is 0.491 e. The van der Waals surface area contributed by atoms with Gasteiger partial charge in [-0.25, -0.2) is 0 Å². The summed E-state index contributed by atoms with van der Waals surface area (Å²) in [6, 6.07) is 12.4. The number of carbonyl (C=O) groups is 1. The summed E-state index contributed by atoms with van der Waals surface area (Å²) in [6.45, 7) is 10.8. The van der Waals surface area contributed by atoms with E-state index in [1.807, 2.05) is 18.2 Å². The molecule has 2 aliphatic rings. The number of nitrogens with one attached hydrogen (secondary N) is 2. The highest BCUT2D eigenvalue weighted by Gasteiger charge is 2.31. The Bertz CT molecular complexity index is 1230. The minimum Gasteiger partial charge on any atom is -0.491 e. The van der Waals surface area contributed by atoms with E-state index in [0.29, 0.717) is 11.0 Å². The van der Waals surface area contributed by atoms with Crippen LogP contribution in [0.25, 0.3) is 0 Å². The van der Waals surface area contributed by atoms with Gasteiger partial charge in [0, 0.05) is 43.4 Å². The number of hydrogen-bond donors (Lipinski definition) is 2. The van der Waals surface area contributed by atoms with Crippen LogP contribution in [0.15, 0.2) is 42.6 Å². The number of ether oxygens (including phenoxy) is 1. The van der Waals surface area contributed by atoms with E-state index >= 15 is 0 Å². The van der Waals surface area contributed by atoms with E-state index < -0.39 is 0 Å². The average Bonchev–Trinajstić information content (AvgIpc) is 3.61. The maximum atomic E-state index is 13.3. The fourth-order valence-corrected chi connectivity index (χ4v) is 6.47. The molecule has 40 heavy (non-hydrogen) atoms. The topological polar surface area (TPSA) is 108 Å². The first-order chi connectivity index (χ1) is 19.5. The van der Waals surface area contributed by atoms with E-state index in [2.05, 4.69) is 79.8 Å². The standard InChI is InChI=1S/C29H40N8O2S/c1-4-24(21-11-15-36(16-12-21)18-22-8-5-6-9-25(22)39-20(2)3)27(38)32-29-35-34-28(40-29)31-23-13-17-37(19-23)26-10-7-14-30-33-26/h5-10,14,20-21,23-24H,4,11-13,15-19H2,1-3H3,(H,31,34)(H,32,35,38)/t23-,24-/m1/s1. The fourth-order valence-electron chi connectivity index (χ4n) is 5.74. The molecule has 3 aromatic rings. The monoisotopic (exact) mass is 564 g/mol. The summed E-state index contributed by atoms with van der Waals surface area (Å²) >= 11 is 1.39. The number of hydrogen-bond acceptors (Lipinski definition) is 10. The van der Waals surface area contributed by atoms with Crippen LogP contribution in [0.3, 0.4) is 0 Å². The molecule has 2 aliphatic heterocycles. The number of carbonyl (C=O) groups excluding carboxylic acids is 1. The van der Waals surface area contributed by atoms with E-state index in [4.69, 9.17) is 4.74 Å². The van der Waals surface area contributed by atoms with Gasteiger partial charge in [-0.05, 0) is 76.7 Å². The van der Waals surface area contributed by atoms with Crippen molar-refractivity contribution in [2.75, 3.05) is 41.7 Å². The average molecular weight is 565 g/mol. The Kier molecular flexibility index (Phi) is 9.43. The van der Waals surface area contributed by atoms with Crippen LogP contribution in [0.2, 0.25) is 0 Å². The minimum atomic E-state index is -0.0330. The molecule has 1 amide bonds. The number of benzene rings is 1. The van der Waals surface area contributed by atoms with Crippen LogP contribution in [0, 0.1) is 11.8 Å². The number of para-hydroxylation sites is 1. The Hall–Kier alpha value is -3.31. The Balaban J connectivity index is 1.09. The van der Waals surface area contributed by atoms with Gasteiger partial charge >= 0.3 is 0 Å². The molecule has 10 nitrogen and oxygen atoms in total. The molecule has 2 atom stereocenters. The highest BCUT2D eigenvalue weighted by atomic mass is 32.1. The van der Waals surface area contributed by atoms with Crippen molar-refractivity contribution < 1.29 is 9.53 Å². The molecule has 11 heteroatoms. The van der Waals surface area contributed by atoms with Gasteiger partial charge in [0.05, 0.1) is 6.10 Å². The summed E-state index contributed by atoms with van der Waals surface area (Å²) in [4.78, 5) is 18.0. The van der Waals surface area contributed by atoms with E-state index in [1.54, 1.807) is 6.20 Å². The zero-order valence-corrected chi connectivity index (χ0v) is 24.4. The molecular weight excluding hydrogens is 524 g/mol. The van der Waals surface area contributed by atoms with Crippen LogP contribution in [-0.4, -0.2) is 69.5 Å². The third kappa shape index (κ3) is 7.25. The second-order valence-electron chi connectivity index (χ2n) is 11.0. The molecular formula is C29H40N8O2S. The summed E-state index contributed by atoms with van der Waals surface area (Å²) < 4.78 is 6.01. The van der Waals surface area contributed by atoms with Crippen LogP contribution >= 0.6 is 11.3 Å². The lowest BCUT2D eigenvalue weighted by Crippen LogP contribution is -2.39. The van der Waals surface area contributed by atoms with Crippen LogP contribution in [0.5, 0.6) is 5.75 Å². The first-order valence-electron chi connectivity index (χ1n) is 14.4. The third-order valence-electron chi connectivity index (χ3n) is 7.76. The molecule has 0 radical (unpaired) electrons. The molecule has 2 fully saturated rings. The van der Waals surface area contributed by atoms with Crippen LogP contribution in [0.1, 0.15) is 52.0 Å². The fraction of sp³-hybridized carbons (Fsp3) is 0.552. The van der Waals surface area contributed by atoms with Crippen molar-refractivity contribution in [1.82, 2.24) is 25.3 Å². The normalized spacial score (nSPS) is 19.1. The predicted molar refractivity (Wildman–Crippen MR) is 159 cm³/mol. The number of likely N-dealkylation sites (tertiary alicyclic amines) is 1. The van der Waals surface area contributed by atoms with Gasteiger partial charge in [-0.3, -0.25) is 9.69 Å². The van der Waals surface area contributed by atoms with E-state index in [1.165, 1.54) is 16.9 Å². The molecule has 0 spiro atoms. The lowest BCUT2D eigenvalue weighted by Gasteiger charge is -2.35. The highest BCUT2D eigenvalue weighted by molar-refractivity contribution is 7.19. The van der Waals surface area contributed by atoms with E-state index in [-0.39, 0.29) is 24.0 Å². The summed E-state index contributed by atoms with van der Waals surface area (Å²) in [5.41, 5.74) is 1.22. The SMILES string of the molecule is CC[C@@H](C(=O)Nc1nnc(N[C@@H]2CCN(c3cccnn3)C2)s1)C1CCN(Cc2ccccc2OC(C)C)CC1. The number of piperidine rings is 1. The molecule has 5 rings (SSSR count). The first-order valence-corrected chi connectivity index (χ1v) is 15.2. The Labute approximate surface area is 240 Å². The van der Waals surface area contributed by atoms with Crippen molar-refractivity contribution in [3.8, 4) is 5.75 Å². The van der Waals surface area contributed by atoms with Crippen LogP contribution < -0.4 is 20.3 Å². The second-order valence-corrected chi connectivity index (χ2v) is 11.9. The van der Waals surface area contributed by atoms with Crippen molar-refractivity contribution >= 4 is 33.3 Å². The van der Waals surface area contributed by atoms with Crippen molar-refractivity contribution in [3.05, 3.63) is 48.2 Å². The number of anilines is 3. The van der Waals surface area contributed by atoms with Crippen LogP contribution in [0.4, 0.5) is 16.1 Å². The number of amides is 1. The van der Waals surface area contributed by atoms with Crippen molar-refractivity contribution in [2.24, 2.45) is 11.8 Å². The molecule has 0 unspecified atom stereocenters. The van der Waals surface area contributed by atoms with Gasteiger partial charge in [-0.2, -0.15) is 5.10 Å². The van der Waals surface area contributed by atoms with Gasteiger partial charge < -0.3 is 20.3 Å². The van der Waals surface area contributed by atoms with Gasteiger partial charge in [-0.15, -0.1) is 15.3 Å². The lowest BCUT2D eigenvalue weighted by atomic mass is 9.82. The number of rotatable bonds is 11. The summed E-state index contributed by atoms with van der Waals surface area (Å²) in [7, 11) is 0. The molecule has 0 bridgehead atoms. The summed E-state index contributed by atoms with van der Waals surface area (Å²) in [5, 5.41) is 24.5. The first kappa shape index (κ1) is 28.2. The molecule has 214 valence electrons. The maximum Gasteiger partial charge on any atom is 0.229 e. The number of nitrogens with zero attached hydrogens (tertiary/aromatic N) is 6. The Morgan fingerprint density at radius 3 is 2.60 bits per heavy atom. The highest BCUT2D eigenvalue weighted by Crippen LogP contribution is 2.31. The Morgan fingerprint density at radius 1 is 1.05 bits per heavy atom.